The summed E-state index contributed by atoms with van der Waals surface area (Å²) in [6.45, 7) is 5.68. The third-order valence-electron chi connectivity index (χ3n) is 6.25. The number of halogens is 3. The molecule has 0 bridgehead atoms. The maximum atomic E-state index is 12.5. The molecular weight excluding hydrogens is 483 g/mol. The minimum Gasteiger partial charge on any atom is -0.495 e. The molecule has 0 saturated carbocycles. The fourth-order valence-corrected chi connectivity index (χ4v) is 4.79. The van der Waals surface area contributed by atoms with Crippen molar-refractivity contribution in [3.8, 4) is 33.8 Å². The number of hydrogen-bond donors (Lipinski definition) is 0. The fourth-order valence-electron chi connectivity index (χ4n) is 4.79. The van der Waals surface area contributed by atoms with Crippen LogP contribution in [0.1, 0.15) is 13.8 Å². The van der Waals surface area contributed by atoms with E-state index < -0.39 is 6.36 Å². The van der Waals surface area contributed by atoms with Gasteiger partial charge in [-0.2, -0.15) is 0 Å². The summed E-state index contributed by atoms with van der Waals surface area (Å²) in [5.74, 6) is 1.26. The van der Waals surface area contributed by atoms with E-state index in [1.807, 2.05) is 36.5 Å². The molecule has 1 aliphatic heterocycles. The van der Waals surface area contributed by atoms with Crippen LogP contribution in [0.5, 0.6) is 11.5 Å². The lowest BCUT2D eigenvalue weighted by molar-refractivity contribution is -0.274. The topological polar surface area (TPSA) is 56.7 Å². The molecule has 1 aliphatic rings. The molecule has 0 aliphatic carbocycles. The summed E-state index contributed by atoms with van der Waals surface area (Å²) >= 11 is 0. The van der Waals surface area contributed by atoms with Gasteiger partial charge >= 0.3 is 6.36 Å². The standard InChI is InChI=1S/C28H26F3N3O3/c1-17-15-34(16-18(2)36-17)25-12-9-20(13-32-25)24-14-33-26-22(5-4-6-23(26)27(24)35-3)19-7-10-21(11-8-19)37-28(29,30)31/h4-14,17-18H,15-16H2,1-3H3. The zero-order valence-electron chi connectivity index (χ0n) is 20.6. The van der Waals surface area contributed by atoms with Gasteiger partial charge in [0.05, 0.1) is 24.8 Å². The van der Waals surface area contributed by atoms with Crippen LogP contribution in [0.3, 0.4) is 0 Å². The van der Waals surface area contributed by atoms with Gasteiger partial charge in [-0.05, 0) is 49.7 Å². The average molecular weight is 510 g/mol. The van der Waals surface area contributed by atoms with Crippen LogP contribution in [0.2, 0.25) is 0 Å². The number of benzene rings is 2. The van der Waals surface area contributed by atoms with Crippen molar-refractivity contribution in [2.24, 2.45) is 0 Å². The Kier molecular flexibility index (Phi) is 6.64. The van der Waals surface area contributed by atoms with E-state index in [0.29, 0.717) is 16.8 Å². The van der Waals surface area contributed by atoms with Gasteiger partial charge in [0, 0.05) is 47.6 Å². The molecule has 3 heterocycles. The second-order valence-corrected chi connectivity index (χ2v) is 9.05. The molecule has 4 aromatic rings. The number of morpholine rings is 1. The normalized spacial score (nSPS) is 18.2. The van der Waals surface area contributed by atoms with Gasteiger partial charge in [-0.15, -0.1) is 13.2 Å². The fraction of sp³-hybridized carbons (Fsp3) is 0.286. The van der Waals surface area contributed by atoms with Crippen LogP contribution in [-0.2, 0) is 4.74 Å². The molecule has 0 radical (unpaired) electrons. The van der Waals surface area contributed by atoms with E-state index >= 15 is 0 Å². The summed E-state index contributed by atoms with van der Waals surface area (Å²) < 4.78 is 53.2. The summed E-state index contributed by atoms with van der Waals surface area (Å²) in [5.41, 5.74) is 3.81. The van der Waals surface area contributed by atoms with Crippen LogP contribution in [-0.4, -0.2) is 48.7 Å². The van der Waals surface area contributed by atoms with Gasteiger partial charge < -0.3 is 19.1 Å². The minimum absolute atomic E-state index is 0.137. The van der Waals surface area contributed by atoms with E-state index in [-0.39, 0.29) is 18.0 Å². The molecule has 1 saturated heterocycles. The van der Waals surface area contributed by atoms with Gasteiger partial charge in [0.25, 0.3) is 0 Å². The zero-order chi connectivity index (χ0) is 26.2. The molecule has 0 N–H and O–H groups in total. The van der Waals surface area contributed by atoms with E-state index in [2.05, 4.69) is 23.5 Å². The average Bonchev–Trinajstić information content (AvgIpc) is 2.87. The molecular formula is C28H26F3N3O3. The van der Waals surface area contributed by atoms with Gasteiger partial charge in [0.15, 0.2) is 0 Å². The van der Waals surface area contributed by atoms with E-state index in [1.165, 1.54) is 12.1 Å². The van der Waals surface area contributed by atoms with Crippen LogP contribution >= 0.6 is 0 Å². The van der Waals surface area contributed by atoms with Gasteiger partial charge in [-0.3, -0.25) is 4.98 Å². The van der Waals surface area contributed by atoms with Crippen LogP contribution in [0.15, 0.2) is 67.0 Å². The zero-order valence-corrected chi connectivity index (χ0v) is 20.6. The first-order valence-corrected chi connectivity index (χ1v) is 11.9. The first-order chi connectivity index (χ1) is 17.7. The molecule has 2 aromatic carbocycles. The molecule has 192 valence electrons. The summed E-state index contributed by atoms with van der Waals surface area (Å²) in [6.07, 6.45) is -0.913. The molecule has 2 atom stereocenters. The van der Waals surface area contributed by atoms with Crippen molar-refractivity contribution in [1.82, 2.24) is 9.97 Å². The Morgan fingerprint density at radius 1 is 0.865 bits per heavy atom. The highest BCUT2D eigenvalue weighted by Crippen LogP contribution is 2.39. The molecule has 6 nitrogen and oxygen atoms in total. The van der Waals surface area contributed by atoms with E-state index in [9.17, 15) is 13.2 Å². The van der Waals surface area contributed by atoms with Crippen LogP contribution < -0.4 is 14.4 Å². The van der Waals surface area contributed by atoms with Crippen molar-refractivity contribution >= 4 is 16.7 Å². The van der Waals surface area contributed by atoms with E-state index in [4.69, 9.17) is 19.4 Å². The molecule has 37 heavy (non-hydrogen) atoms. The molecule has 9 heteroatoms. The molecule has 0 amide bonds. The van der Waals surface area contributed by atoms with Crippen molar-refractivity contribution < 1.29 is 27.4 Å². The lowest BCUT2D eigenvalue weighted by atomic mass is 9.99. The second-order valence-electron chi connectivity index (χ2n) is 9.05. The van der Waals surface area contributed by atoms with Crippen molar-refractivity contribution in [3.63, 3.8) is 0 Å². The molecule has 2 aromatic heterocycles. The van der Waals surface area contributed by atoms with Crippen molar-refractivity contribution in [3.05, 3.63) is 67.0 Å². The number of methoxy groups -OCH3 is 1. The van der Waals surface area contributed by atoms with E-state index in [1.54, 1.807) is 25.4 Å². The molecule has 2 unspecified atom stereocenters. The van der Waals surface area contributed by atoms with E-state index in [0.717, 1.165) is 41.0 Å². The first-order valence-electron chi connectivity index (χ1n) is 11.9. The Labute approximate surface area is 212 Å². The monoisotopic (exact) mass is 509 g/mol. The SMILES string of the molecule is COc1c(-c2ccc(N3CC(C)OC(C)C3)nc2)cnc2c(-c3ccc(OC(F)(F)F)cc3)cccc12. The number of ether oxygens (including phenoxy) is 3. The summed E-state index contributed by atoms with van der Waals surface area (Å²) in [7, 11) is 1.60. The van der Waals surface area contributed by atoms with Gasteiger partial charge in [-0.1, -0.05) is 24.3 Å². The summed E-state index contributed by atoms with van der Waals surface area (Å²) in [6, 6.07) is 15.4. The maximum Gasteiger partial charge on any atom is 0.573 e. The minimum atomic E-state index is -4.74. The number of pyridine rings is 2. The lowest BCUT2D eigenvalue weighted by Crippen LogP contribution is -2.45. The predicted molar refractivity (Wildman–Crippen MR) is 136 cm³/mol. The Bertz CT molecular complexity index is 1380. The summed E-state index contributed by atoms with van der Waals surface area (Å²) in [4.78, 5) is 11.6. The third-order valence-corrected chi connectivity index (χ3v) is 6.25. The number of nitrogens with zero attached hydrogens (tertiary/aromatic N) is 3. The molecule has 0 spiro atoms. The lowest BCUT2D eigenvalue weighted by Gasteiger charge is -2.36. The highest BCUT2D eigenvalue weighted by Gasteiger charge is 2.31. The summed E-state index contributed by atoms with van der Waals surface area (Å²) in [5, 5.41) is 0.785. The quantitative estimate of drug-likeness (QED) is 0.307. The highest BCUT2D eigenvalue weighted by molar-refractivity contribution is 6.00. The van der Waals surface area contributed by atoms with Crippen LogP contribution in [0, 0.1) is 0 Å². The second kappa shape index (κ2) is 9.89. The van der Waals surface area contributed by atoms with Crippen LogP contribution in [0.25, 0.3) is 33.2 Å². The van der Waals surface area contributed by atoms with Crippen molar-refractivity contribution in [2.45, 2.75) is 32.4 Å². The van der Waals surface area contributed by atoms with Gasteiger partial charge in [0.2, 0.25) is 0 Å². The van der Waals surface area contributed by atoms with Crippen molar-refractivity contribution in [2.75, 3.05) is 25.1 Å². The number of anilines is 1. The maximum absolute atomic E-state index is 12.5. The Morgan fingerprint density at radius 2 is 1.57 bits per heavy atom. The largest absolute Gasteiger partial charge is 0.573 e. The first kappa shape index (κ1) is 24.8. The van der Waals surface area contributed by atoms with Crippen molar-refractivity contribution in [1.29, 1.82) is 0 Å². The number of fused-ring (bicyclic) bond motifs is 1. The predicted octanol–water partition coefficient (Wildman–Crippen LogP) is 6.48. The number of alkyl halides is 3. The number of para-hydroxylation sites is 1. The Hall–Kier alpha value is -3.85. The molecule has 5 rings (SSSR count). The van der Waals surface area contributed by atoms with Gasteiger partial charge in [-0.25, -0.2) is 4.98 Å². The van der Waals surface area contributed by atoms with Crippen LogP contribution in [0.4, 0.5) is 19.0 Å². The van der Waals surface area contributed by atoms with Gasteiger partial charge in [0.1, 0.15) is 17.3 Å². The molecule has 1 fully saturated rings. The Balaban J connectivity index is 1.48. The Morgan fingerprint density at radius 3 is 2.19 bits per heavy atom. The smallest absolute Gasteiger partial charge is 0.495 e. The number of hydrogen-bond acceptors (Lipinski definition) is 6. The number of aromatic nitrogens is 2. The highest BCUT2D eigenvalue weighted by atomic mass is 19.4. The third kappa shape index (κ3) is 5.32. The number of rotatable bonds is 5.